The Kier molecular flexibility index (Phi) is 5.70. The second kappa shape index (κ2) is 8.26. The van der Waals surface area contributed by atoms with E-state index in [1.54, 1.807) is 6.07 Å². The summed E-state index contributed by atoms with van der Waals surface area (Å²) >= 11 is 0. The number of ketones is 1. The van der Waals surface area contributed by atoms with E-state index in [-0.39, 0.29) is 30.6 Å². The number of amides is 1. The third kappa shape index (κ3) is 4.39. The lowest BCUT2D eigenvalue weighted by atomic mass is 9.90. The largest absolute Gasteiger partial charge is 0.449 e. The first-order chi connectivity index (χ1) is 15.9. The van der Waals surface area contributed by atoms with Crippen molar-refractivity contribution in [3.63, 3.8) is 0 Å². The summed E-state index contributed by atoms with van der Waals surface area (Å²) in [6.07, 6.45) is -8.62. The molecule has 0 spiro atoms. The van der Waals surface area contributed by atoms with Crippen LogP contribution < -0.4 is 0 Å². The van der Waals surface area contributed by atoms with Crippen LogP contribution in [0.5, 0.6) is 0 Å². The number of H-pyrrole nitrogens is 1. The molecule has 0 radical (unpaired) electrons. The average Bonchev–Trinajstić information content (AvgIpc) is 3.27. The van der Waals surface area contributed by atoms with Gasteiger partial charge in [0, 0.05) is 30.4 Å². The van der Waals surface area contributed by atoms with Gasteiger partial charge >= 0.3 is 12.4 Å². The van der Waals surface area contributed by atoms with Gasteiger partial charge < -0.3 is 9.88 Å². The first-order valence-electron chi connectivity index (χ1n) is 9.80. The Morgan fingerprint density at radius 3 is 2.35 bits per heavy atom. The lowest BCUT2D eigenvalue weighted by Gasteiger charge is -2.29. The minimum Gasteiger partial charge on any atom is -0.340 e. The zero-order valence-corrected chi connectivity index (χ0v) is 17.0. The van der Waals surface area contributed by atoms with E-state index in [2.05, 4.69) is 4.98 Å². The van der Waals surface area contributed by atoms with Gasteiger partial charge in [-0.05, 0) is 29.7 Å². The fraction of sp³-hybridized carbons (Fsp3) is 0.227. The number of halogens is 7. The number of hydrogen-bond acceptors (Lipinski definition) is 3. The number of carbonyl (C=O) groups excluding carboxylic acids is 2. The van der Waals surface area contributed by atoms with Gasteiger partial charge in [-0.15, -0.1) is 0 Å². The zero-order chi connectivity index (χ0) is 24.8. The van der Waals surface area contributed by atoms with Crippen molar-refractivity contribution in [3.8, 4) is 0 Å². The van der Waals surface area contributed by atoms with Gasteiger partial charge in [0.25, 0.3) is 5.91 Å². The van der Waals surface area contributed by atoms with E-state index in [0.29, 0.717) is 23.3 Å². The Hall–Kier alpha value is -3.70. The molecule has 1 amide bonds. The van der Waals surface area contributed by atoms with Crippen molar-refractivity contribution in [1.29, 1.82) is 0 Å². The summed E-state index contributed by atoms with van der Waals surface area (Å²) in [4.78, 5) is 32.0. The Bertz CT molecular complexity index is 1280. The van der Waals surface area contributed by atoms with Crippen molar-refractivity contribution < 1.29 is 40.3 Å². The number of nitrogens with zero attached hydrogens (tertiary/aromatic N) is 2. The standard InChI is InChI=1S/C22H14F7N3O2/c23-16-8-11(4-5-15(16)21(24,25)26)18(33)14-3-1-2-12-10-32(7-6-13(12)14)19(34)17-9-30-20(31-17)22(27,28)29/h1-5,8-9H,6-7,10H2,(H,30,31). The number of alkyl halides is 6. The van der Waals surface area contributed by atoms with Crippen LogP contribution in [-0.4, -0.2) is 33.1 Å². The maximum Gasteiger partial charge on any atom is 0.449 e. The van der Waals surface area contributed by atoms with Crippen LogP contribution in [-0.2, 0) is 25.3 Å². The summed E-state index contributed by atoms with van der Waals surface area (Å²) < 4.78 is 90.5. The molecule has 1 N–H and O–H groups in total. The van der Waals surface area contributed by atoms with E-state index in [9.17, 15) is 40.3 Å². The first kappa shape index (κ1) is 23.5. The van der Waals surface area contributed by atoms with Crippen molar-refractivity contribution in [1.82, 2.24) is 14.9 Å². The Labute approximate surface area is 187 Å². The molecule has 0 saturated carbocycles. The number of aromatic nitrogens is 2. The number of benzene rings is 2. The third-order valence-electron chi connectivity index (χ3n) is 5.40. The normalized spacial score (nSPS) is 14.1. The van der Waals surface area contributed by atoms with Crippen LogP contribution in [0.15, 0.2) is 42.6 Å². The molecule has 0 unspecified atom stereocenters. The fourth-order valence-electron chi connectivity index (χ4n) is 3.78. The van der Waals surface area contributed by atoms with Crippen LogP contribution >= 0.6 is 0 Å². The topological polar surface area (TPSA) is 66.1 Å². The van der Waals surface area contributed by atoms with E-state index < -0.39 is 46.9 Å². The summed E-state index contributed by atoms with van der Waals surface area (Å²) in [5, 5.41) is 0. The summed E-state index contributed by atoms with van der Waals surface area (Å²) in [5.41, 5.74) is -0.973. The van der Waals surface area contributed by atoms with Gasteiger partial charge in [-0.2, -0.15) is 26.3 Å². The van der Waals surface area contributed by atoms with Gasteiger partial charge in [-0.25, -0.2) is 9.37 Å². The van der Waals surface area contributed by atoms with Gasteiger partial charge in [0.1, 0.15) is 11.5 Å². The lowest BCUT2D eigenvalue weighted by Crippen LogP contribution is -2.36. The zero-order valence-electron chi connectivity index (χ0n) is 17.0. The second-order valence-electron chi connectivity index (χ2n) is 7.57. The molecule has 3 aromatic rings. The van der Waals surface area contributed by atoms with Crippen LogP contribution in [0.1, 0.15) is 48.9 Å². The number of carbonyl (C=O) groups is 2. The SMILES string of the molecule is O=C(c1ccc(C(F)(F)F)c(F)c1)c1cccc2c1CCN(C(=O)c1c[nH]c(C(F)(F)F)n1)C2. The number of nitrogens with one attached hydrogen (secondary N) is 1. The highest BCUT2D eigenvalue weighted by Gasteiger charge is 2.36. The highest BCUT2D eigenvalue weighted by atomic mass is 19.4. The number of aromatic amines is 1. The molecule has 34 heavy (non-hydrogen) atoms. The average molecular weight is 485 g/mol. The monoisotopic (exact) mass is 485 g/mol. The summed E-state index contributed by atoms with van der Waals surface area (Å²) in [5.74, 6) is -4.30. The van der Waals surface area contributed by atoms with E-state index in [1.807, 2.05) is 4.98 Å². The van der Waals surface area contributed by atoms with Gasteiger partial charge in [0.2, 0.25) is 5.82 Å². The van der Waals surface area contributed by atoms with Crippen molar-refractivity contribution in [2.45, 2.75) is 25.3 Å². The summed E-state index contributed by atoms with van der Waals surface area (Å²) in [6, 6.07) is 6.47. The third-order valence-corrected chi connectivity index (χ3v) is 5.40. The first-order valence-corrected chi connectivity index (χ1v) is 9.80. The Balaban J connectivity index is 1.58. The Morgan fingerprint density at radius 1 is 1.00 bits per heavy atom. The molecular formula is C22H14F7N3O2. The number of hydrogen-bond donors (Lipinski definition) is 1. The fourth-order valence-corrected chi connectivity index (χ4v) is 3.78. The number of imidazole rings is 1. The van der Waals surface area contributed by atoms with E-state index in [1.165, 1.54) is 17.0 Å². The quantitative estimate of drug-likeness (QED) is 0.419. The highest BCUT2D eigenvalue weighted by Crippen LogP contribution is 2.33. The Morgan fingerprint density at radius 2 is 1.74 bits per heavy atom. The van der Waals surface area contributed by atoms with Crippen LogP contribution in [0.4, 0.5) is 30.7 Å². The summed E-state index contributed by atoms with van der Waals surface area (Å²) in [6.45, 7) is 0.0383. The minimum atomic E-state index is -4.90. The van der Waals surface area contributed by atoms with Crippen molar-refractivity contribution in [3.05, 3.63) is 87.7 Å². The van der Waals surface area contributed by atoms with Crippen LogP contribution in [0, 0.1) is 5.82 Å². The molecule has 5 nitrogen and oxygen atoms in total. The molecule has 0 atom stereocenters. The predicted molar refractivity (Wildman–Crippen MR) is 103 cm³/mol. The van der Waals surface area contributed by atoms with E-state index >= 15 is 0 Å². The maximum absolute atomic E-state index is 13.9. The predicted octanol–water partition coefficient (Wildman–Crippen LogP) is 5.02. The molecule has 12 heteroatoms. The summed E-state index contributed by atoms with van der Waals surface area (Å²) in [7, 11) is 0. The molecular weight excluding hydrogens is 471 g/mol. The number of fused-ring (bicyclic) bond motifs is 1. The van der Waals surface area contributed by atoms with Crippen LogP contribution in [0.25, 0.3) is 0 Å². The van der Waals surface area contributed by atoms with Crippen molar-refractivity contribution in [2.24, 2.45) is 0 Å². The minimum absolute atomic E-state index is 0.0229. The molecule has 178 valence electrons. The second-order valence-corrected chi connectivity index (χ2v) is 7.57. The molecule has 0 bridgehead atoms. The molecule has 1 aliphatic heterocycles. The molecule has 1 aliphatic rings. The molecule has 2 aromatic carbocycles. The smallest absolute Gasteiger partial charge is 0.340 e. The van der Waals surface area contributed by atoms with Gasteiger partial charge in [-0.3, -0.25) is 9.59 Å². The van der Waals surface area contributed by atoms with E-state index in [0.717, 1.165) is 12.3 Å². The van der Waals surface area contributed by atoms with Crippen LogP contribution in [0.3, 0.4) is 0 Å². The maximum atomic E-state index is 13.9. The molecule has 4 rings (SSSR count). The molecule has 0 saturated heterocycles. The highest BCUT2D eigenvalue weighted by molar-refractivity contribution is 6.10. The molecule has 0 aliphatic carbocycles. The van der Waals surface area contributed by atoms with Gasteiger partial charge in [0.05, 0.1) is 5.56 Å². The lowest BCUT2D eigenvalue weighted by molar-refractivity contribution is -0.144. The molecule has 2 heterocycles. The van der Waals surface area contributed by atoms with Crippen molar-refractivity contribution >= 4 is 11.7 Å². The molecule has 0 fully saturated rings. The molecule has 1 aromatic heterocycles. The van der Waals surface area contributed by atoms with Crippen LogP contribution in [0.2, 0.25) is 0 Å². The van der Waals surface area contributed by atoms with E-state index in [4.69, 9.17) is 0 Å². The van der Waals surface area contributed by atoms with Gasteiger partial charge in [0.15, 0.2) is 5.78 Å². The number of rotatable bonds is 3. The van der Waals surface area contributed by atoms with Gasteiger partial charge in [-0.1, -0.05) is 24.3 Å². The van der Waals surface area contributed by atoms with Crippen molar-refractivity contribution in [2.75, 3.05) is 6.54 Å².